The third-order valence-corrected chi connectivity index (χ3v) is 7.96. The molecule has 5 aromatic rings. The molecule has 0 spiro atoms. The summed E-state index contributed by atoms with van der Waals surface area (Å²) in [7, 11) is 0. The summed E-state index contributed by atoms with van der Waals surface area (Å²) in [4.78, 5) is 13.3. The van der Waals surface area contributed by atoms with Gasteiger partial charge in [0, 0.05) is 34.5 Å². The number of nitrogens with zero attached hydrogens (tertiary/aromatic N) is 2. The molecule has 1 amide bonds. The van der Waals surface area contributed by atoms with Gasteiger partial charge in [-0.05, 0) is 24.6 Å². The number of hydrogen-bond acceptors (Lipinski definition) is 4. The lowest BCUT2D eigenvalue weighted by Crippen LogP contribution is -2.53. The van der Waals surface area contributed by atoms with Crippen LogP contribution in [-0.4, -0.2) is 37.5 Å². The van der Waals surface area contributed by atoms with Gasteiger partial charge in [-0.1, -0.05) is 36.3 Å². The van der Waals surface area contributed by atoms with Gasteiger partial charge in [-0.3, -0.25) is 4.79 Å². The number of hydrogen-bond donors (Lipinski definition) is 3. The number of benzene rings is 3. The maximum atomic E-state index is 13.3. The fourth-order valence-electron chi connectivity index (χ4n) is 6.47. The van der Waals surface area contributed by atoms with Crippen LogP contribution in [0.1, 0.15) is 41.0 Å². The number of rotatable bonds is 1. The van der Waals surface area contributed by atoms with Gasteiger partial charge in [0.25, 0.3) is 5.91 Å². The Balaban J connectivity index is 1.80. The molecule has 33 heavy (non-hydrogen) atoms. The number of fused-ring (bicyclic) bond motifs is 13. The van der Waals surface area contributed by atoms with Crippen LogP contribution in [0.5, 0.6) is 0 Å². The van der Waals surface area contributed by atoms with Crippen molar-refractivity contribution in [2.45, 2.75) is 37.4 Å². The topological polar surface area (TPSA) is 88.7 Å². The van der Waals surface area contributed by atoms with Gasteiger partial charge in [0.15, 0.2) is 5.72 Å². The van der Waals surface area contributed by atoms with E-state index in [0.29, 0.717) is 22.0 Å². The first-order valence-electron chi connectivity index (χ1n) is 13.0. The van der Waals surface area contributed by atoms with Crippen LogP contribution in [0.2, 0.25) is 0 Å². The maximum absolute atomic E-state index is 13.3. The number of aliphatic hydroxyl groups excluding tert-OH is 1. The number of amides is 1. The highest BCUT2D eigenvalue weighted by molar-refractivity contribution is 6.31. The van der Waals surface area contributed by atoms with Gasteiger partial charge in [-0.15, -0.1) is 0 Å². The quantitative estimate of drug-likeness (QED) is 0.370. The SMILES string of the molecule is [2H]c1c([2H])c([2H])c2c(c1[2H])c1c3c(c4c5ccccc5n5c4c1n2[C@H]1C[C@](O)(CO)[C@]5(C)O1)CNC3=O. The van der Waals surface area contributed by atoms with Crippen molar-refractivity contribution in [2.24, 2.45) is 0 Å². The van der Waals surface area contributed by atoms with Gasteiger partial charge in [0.2, 0.25) is 0 Å². The number of aliphatic hydroxyl groups is 2. The first kappa shape index (κ1) is 14.7. The fourth-order valence-corrected chi connectivity index (χ4v) is 6.47. The summed E-state index contributed by atoms with van der Waals surface area (Å²) in [6, 6.07) is 6.37. The summed E-state index contributed by atoms with van der Waals surface area (Å²) in [5.41, 5.74) is 0.242. The lowest BCUT2D eigenvalue weighted by Gasteiger charge is -2.38. The normalized spacial score (nSPS) is 29.5. The molecule has 0 aliphatic carbocycles. The molecule has 3 aliphatic rings. The second-order valence-electron chi connectivity index (χ2n) is 9.38. The van der Waals surface area contributed by atoms with Crippen LogP contribution in [0, 0.1) is 0 Å². The zero-order valence-electron chi connectivity index (χ0n) is 21.6. The molecule has 3 atom stereocenters. The van der Waals surface area contributed by atoms with E-state index >= 15 is 0 Å². The molecule has 8 rings (SSSR count). The molecular formula is C26H21N3O4. The number of aromatic nitrogens is 2. The first-order chi connectivity index (χ1) is 17.6. The Kier molecular flexibility index (Phi) is 2.40. The Morgan fingerprint density at radius 2 is 2.00 bits per heavy atom. The summed E-state index contributed by atoms with van der Waals surface area (Å²) in [5.74, 6) is -0.298. The molecular weight excluding hydrogens is 418 g/mol. The van der Waals surface area contributed by atoms with Crippen LogP contribution in [0.15, 0.2) is 48.4 Å². The van der Waals surface area contributed by atoms with Gasteiger partial charge in [0.1, 0.15) is 11.8 Å². The lowest BCUT2D eigenvalue weighted by molar-refractivity contribution is -0.189. The highest BCUT2D eigenvalue weighted by atomic mass is 16.6. The Morgan fingerprint density at radius 3 is 2.85 bits per heavy atom. The molecule has 2 bridgehead atoms. The largest absolute Gasteiger partial charge is 0.393 e. The number of nitrogens with one attached hydrogen (secondary N) is 1. The Labute approximate surface area is 193 Å². The Hall–Kier alpha value is -3.39. The highest BCUT2D eigenvalue weighted by Crippen LogP contribution is 2.57. The molecule has 2 aromatic heterocycles. The van der Waals surface area contributed by atoms with Crippen LogP contribution in [-0.2, 0) is 17.0 Å². The number of ether oxygens (including phenoxy) is 1. The second kappa shape index (κ2) is 5.39. The van der Waals surface area contributed by atoms with E-state index < -0.39 is 30.2 Å². The maximum Gasteiger partial charge on any atom is 0.252 e. The molecule has 164 valence electrons. The molecule has 5 heterocycles. The van der Waals surface area contributed by atoms with Gasteiger partial charge < -0.3 is 29.4 Å². The molecule has 3 N–H and O–H groups in total. The monoisotopic (exact) mass is 443 g/mol. The molecule has 3 aromatic carbocycles. The smallest absolute Gasteiger partial charge is 0.252 e. The van der Waals surface area contributed by atoms with Gasteiger partial charge in [0.05, 0.1) is 39.7 Å². The molecule has 7 heteroatoms. The summed E-state index contributed by atoms with van der Waals surface area (Å²) < 4.78 is 44.6. The first-order valence-corrected chi connectivity index (χ1v) is 11.0. The molecule has 0 saturated carbocycles. The van der Waals surface area contributed by atoms with Crippen molar-refractivity contribution in [3.63, 3.8) is 0 Å². The van der Waals surface area contributed by atoms with E-state index in [4.69, 9.17) is 10.2 Å². The summed E-state index contributed by atoms with van der Waals surface area (Å²) in [6.45, 7) is 1.42. The summed E-state index contributed by atoms with van der Waals surface area (Å²) in [5, 5.41) is 27.5. The lowest BCUT2D eigenvalue weighted by atomic mass is 9.89. The van der Waals surface area contributed by atoms with Crippen LogP contribution in [0.25, 0.3) is 43.6 Å². The average Bonchev–Trinajstić information content (AvgIpc) is 3.58. The van der Waals surface area contributed by atoms with Crippen molar-refractivity contribution in [2.75, 3.05) is 6.61 Å². The minimum Gasteiger partial charge on any atom is -0.393 e. The standard InChI is InChI=1S/C26H21N3O4/c1-25-26(32,12-30)10-18(33-25)28-16-8-4-2-6-13(16)20-21-15(11-27-24(21)31)19-14-7-3-5-9-17(14)29(25)23(19)22(20)28/h2-9,18,30,32H,10-12H2,1H3,(H,27,31)/t18-,25+,26+/m1/s1/i2D,4D,6D,8D. The van der Waals surface area contributed by atoms with Crippen LogP contribution in [0.4, 0.5) is 0 Å². The minimum absolute atomic E-state index is 0.0155. The van der Waals surface area contributed by atoms with Crippen LogP contribution < -0.4 is 5.32 Å². The summed E-state index contributed by atoms with van der Waals surface area (Å²) >= 11 is 0. The molecule has 1 fully saturated rings. The van der Waals surface area contributed by atoms with Crippen molar-refractivity contribution in [1.29, 1.82) is 0 Å². The number of para-hydroxylation sites is 2. The predicted octanol–water partition coefficient (Wildman–Crippen LogP) is 3.47. The molecule has 3 aliphatic heterocycles. The zero-order chi connectivity index (χ0) is 25.8. The van der Waals surface area contributed by atoms with Crippen LogP contribution >= 0.6 is 0 Å². The van der Waals surface area contributed by atoms with E-state index in [1.165, 1.54) is 0 Å². The Morgan fingerprint density at radius 1 is 1.18 bits per heavy atom. The fraction of sp³-hybridized carbons (Fsp3) is 0.269. The van der Waals surface area contributed by atoms with E-state index in [0.717, 1.165) is 21.9 Å². The zero-order valence-corrected chi connectivity index (χ0v) is 17.6. The van der Waals surface area contributed by atoms with Crippen molar-refractivity contribution in [3.8, 4) is 0 Å². The predicted molar refractivity (Wildman–Crippen MR) is 124 cm³/mol. The highest BCUT2D eigenvalue weighted by Gasteiger charge is 2.60. The van der Waals surface area contributed by atoms with Gasteiger partial charge >= 0.3 is 0 Å². The van der Waals surface area contributed by atoms with Crippen molar-refractivity contribution in [1.82, 2.24) is 14.5 Å². The van der Waals surface area contributed by atoms with E-state index in [1.807, 2.05) is 28.8 Å². The van der Waals surface area contributed by atoms with Crippen LogP contribution in [0.3, 0.4) is 0 Å². The van der Waals surface area contributed by atoms with E-state index in [1.54, 1.807) is 11.5 Å². The van der Waals surface area contributed by atoms with Gasteiger partial charge in [-0.2, -0.15) is 0 Å². The molecule has 1 saturated heterocycles. The van der Waals surface area contributed by atoms with Crippen molar-refractivity contribution in [3.05, 3.63) is 59.6 Å². The Bertz CT molecular complexity index is 1950. The van der Waals surface area contributed by atoms with Crippen molar-refractivity contribution >= 4 is 49.5 Å². The average molecular weight is 443 g/mol. The number of carbonyl (C=O) groups is 1. The number of carbonyl (C=O) groups excluding carboxylic acids is 1. The van der Waals surface area contributed by atoms with Crippen molar-refractivity contribution < 1.29 is 25.2 Å². The molecule has 0 unspecified atom stereocenters. The molecule has 7 nitrogen and oxygen atoms in total. The second-order valence-corrected chi connectivity index (χ2v) is 9.38. The van der Waals surface area contributed by atoms with E-state index in [2.05, 4.69) is 5.32 Å². The van der Waals surface area contributed by atoms with E-state index in [-0.39, 0.29) is 47.9 Å². The summed E-state index contributed by atoms with van der Waals surface area (Å²) in [6.07, 6.45) is -0.871. The third-order valence-electron chi connectivity index (χ3n) is 7.96. The minimum atomic E-state index is -1.69. The van der Waals surface area contributed by atoms with Gasteiger partial charge in [-0.25, -0.2) is 0 Å². The third kappa shape index (κ3) is 1.75. The van der Waals surface area contributed by atoms with E-state index in [9.17, 15) is 15.0 Å². The molecule has 0 radical (unpaired) electrons.